The Bertz CT molecular complexity index is 615. The molecule has 2 aromatic rings. The number of phenols is 1. The fourth-order valence-electron chi connectivity index (χ4n) is 2.73. The van der Waals surface area contributed by atoms with Crippen molar-refractivity contribution in [3.8, 4) is 11.5 Å². The Kier molecular flexibility index (Phi) is 6.27. The minimum Gasteiger partial charge on any atom is -0.508 e. The summed E-state index contributed by atoms with van der Waals surface area (Å²) in [6.45, 7) is 6.76. The SMILES string of the molecule is CCCCC(O)COc1ccc(C(C)(C)c2ccc(O)cc2)cc1. The Morgan fingerprint density at radius 2 is 1.50 bits per heavy atom. The van der Waals surface area contributed by atoms with E-state index in [9.17, 15) is 10.2 Å². The molecule has 0 bridgehead atoms. The van der Waals surface area contributed by atoms with Gasteiger partial charge in [0.15, 0.2) is 0 Å². The third-order valence-corrected chi connectivity index (χ3v) is 4.50. The van der Waals surface area contributed by atoms with E-state index < -0.39 is 6.10 Å². The molecule has 0 aliphatic carbocycles. The molecule has 0 aromatic heterocycles. The summed E-state index contributed by atoms with van der Waals surface area (Å²) in [5.41, 5.74) is 2.16. The van der Waals surface area contributed by atoms with Gasteiger partial charge in [-0.3, -0.25) is 0 Å². The Balaban J connectivity index is 2.01. The van der Waals surface area contributed by atoms with Crippen molar-refractivity contribution in [3.05, 3.63) is 59.7 Å². The monoisotopic (exact) mass is 328 g/mol. The van der Waals surface area contributed by atoms with Crippen LogP contribution in [0.3, 0.4) is 0 Å². The van der Waals surface area contributed by atoms with Crippen LogP contribution in [-0.2, 0) is 5.41 Å². The van der Waals surface area contributed by atoms with Crippen LogP contribution >= 0.6 is 0 Å². The summed E-state index contributed by atoms with van der Waals surface area (Å²) >= 11 is 0. The molecule has 0 saturated heterocycles. The molecule has 0 amide bonds. The van der Waals surface area contributed by atoms with Gasteiger partial charge in [0.05, 0.1) is 6.10 Å². The summed E-state index contributed by atoms with van der Waals surface area (Å²) in [4.78, 5) is 0. The van der Waals surface area contributed by atoms with Gasteiger partial charge in [0.1, 0.15) is 18.1 Å². The summed E-state index contributed by atoms with van der Waals surface area (Å²) in [5, 5.41) is 19.3. The molecule has 0 saturated carbocycles. The van der Waals surface area contributed by atoms with Gasteiger partial charge in [0.25, 0.3) is 0 Å². The molecule has 0 spiro atoms. The fraction of sp³-hybridized carbons (Fsp3) is 0.429. The quantitative estimate of drug-likeness (QED) is 0.741. The van der Waals surface area contributed by atoms with Crippen molar-refractivity contribution in [1.29, 1.82) is 0 Å². The van der Waals surface area contributed by atoms with E-state index in [0.29, 0.717) is 6.61 Å². The Morgan fingerprint density at radius 1 is 0.958 bits per heavy atom. The number of aromatic hydroxyl groups is 1. The van der Waals surface area contributed by atoms with Gasteiger partial charge in [-0.05, 0) is 41.8 Å². The zero-order valence-corrected chi connectivity index (χ0v) is 14.8. The molecule has 1 atom stereocenters. The highest BCUT2D eigenvalue weighted by atomic mass is 16.5. The second kappa shape index (κ2) is 8.20. The van der Waals surface area contributed by atoms with Gasteiger partial charge < -0.3 is 14.9 Å². The van der Waals surface area contributed by atoms with Crippen LogP contribution in [0.5, 0.6) is 11.5 Å². The van der Waals surface area contributed by atoms with Crippen molar-refractivity contribution in [2.45, 2.75) is 51.6 Å². The molecule has 3 nitrogen and oxygen atoms in total. The molecule has 1 unspecified atom stereocenters. The van der Waals surface area contributed by atoms with Crippen LogP contribution < -0.4 is 4.74 Å². The first-order valence-electron chi connectivity index (χ1n) is 8.64. The lowest BCUT2D eigenvalue weighted by Gasteiger charge is -2.26. The number of rotatable bonds is 8. The van der Waals surface area contributed by atoms with Gasteiger partial charge in [0.2, 0.25) is 0 Å². The predicted molar refractivity (Wildman–Crippen MR) is 97.7 cm³/mol. The van der Waals surface area contributed by atoms with Gasteiger partial charge >= 0.3 is 0 Å². The molecule has 24 heavy (non-hydrogen) atoms. The molecule has 0 aliphatic rings. The van der Waals surface area contributed by atoms with Gasteiger partial charge in [-0.2, -0.15) is 0 Å². The van der Waals surface area contributed by atoms with E-state index in [1.807, 2.05) is 24.3 Å². The van der Waals surface area contributed by atoms with Crippen molar-refractivity contribution >= 4 is 0 Å². The first kappa shape index (κ1) is 18.3. The van der Waals surface area contributed by atoms with Crippen LogP contribution in [0.1, 0.15) is 51.2 Å². The van der Waals surface area contributed by atoms with E-state index in [-0.39, 0.29) is 11.2 Å². The Hall–Kier alpha value is -2.00. The maximum atomic E-state index is 9.85. The maximum absolute atomic E-state index is 9.85. The van der Waals surface area contributed by atoms with Crippen LogP contribution in [0, 0.1) is 0 Å². The normalized spacial score (nSPS) is 12.8. The van der Waals surface area contributed by atoms with Crippen LogP contribution in [0.25, 0.3) is 0 Å². The minimum atomic E-state index is -0.405. The van der Waals surface area contributed by atoms with Crippen molar-refractivity contribution in [2.24, 2.45) is 0 Å². The Morgan fingerprint density at radius 3 is 2.04 bits per heavy atom. The first-order chi connectivity index (χ1) is 11.4. The highest BCUT2D eigenvalue weighted by Gasteiger charge is 2.23. The Labute approximate surface area is 144 Å². The standard InChI is InChI=1S/C21H28O3/c1-4-5-6-19(23)15-24-20-13-9-17(10-14-20)21(2,3)16-7-11-18(22)12-8-16/h7-14,19,22-23H,4-6,15H2,1-3H3. The topological polar surface area (TPSA) is 49.7 Å². The first-order valence-corrected chi connectivity index (χ1v) is 8.64. The molecule has 130 valence electrons. The third kappa shape index (κ3) is 4.75. The van der Waals surface area contributed by atoms with E-state index in [1.54, 1.807) is 12.1 Å². The lowest BCUT2D eigenvalue weighted by molar-refractivity contribution is 0.0980. The van der Waals surface area contributed by atoms with Gasteiger partial charge in [-0.15, -0.1) is 0 Å². The van der Waals surface area contributed by atoms with Gasteiger partial charge in [-0.1, -0.05) is 57.9 Å². The average Bonchev–Trinajstić information content (AvgIpc) is 2.59. The highest BCUT2D eigenvalue weighted by Crippen LogP contribution is 2.33. The smallest absolute Gasteiger partial charge is 0.119 e. The van der Waals surface area contributed by atoms with Crippen LogP contribution in [0.4, 0.5) is 0 Å². The maximum Gasteiger partial charge on any atom is 0.119 e. The molecule has 3 heteroatoms. The summed E-state index contributed by atoms with van der Waals surface area (Å²) < 4.78 is 5.67. The molecule has 2 N–H and O–H groups in total. The molecule has 2 aromatic carbocycles. The second-order valence-corrected chi connectivity index (χ2v) is 6.80. The lowest BCUT2D eigenvalue weighted by atomic mass is 9.78. The molecule has 0 aliphatic heterocycles. The van der Waals surface area contributed by atoms with Crippen LogP contribution in [-0.4, -0.2) is 22.9 Å². The molecule has 2 rings (SSSR count). The largest absolute Gasteiger partial charge is 0.508 e. The van der Waals surface area contributed by atoms with Crippen molar-refractivity contribution < 1.29 is 14.9 Å². The number of unbranched alkanes of at least 4 members (excludes halogenated alkanes) is 1. The zero-order valence-electron chi connectivity index (χ0n) is 14.8. The zero-order chi connectivity index (χ0) is 17.6. The van der Waals surface area contributed by atoms with E-state index in [0.717, 1.165) is 30.6 Å². The van der Waals surface area contributed by atoms with E-state index in [1.165, 1.54) is 5.56 Å². The summed E-state index contributed by atoms with van der Waals surface area (Å²) in [6.07, 6.45) is 2.48. The lowest BCUT2D eigenvalue weighted by Crippen LogP contribution is -2.19. The summed E-state index contributed by atoms with van der Waals surface area (Å²) in [7, 11) is 0. The average molecular weight is 328 g/mol. The minimum absolute atomic E-state index is 0.160. The molecular formula is C21H28O3. The number of hydrogen-bond donors (Lipinski definition) is 2. The van der Waals surface area contributed by atoms with Crippen molar-refractivity contribution in [2.75, 3.05) is 6.61 Å². The van der Waals surface area contributed by atoms with E-state index in [4.69, 9.17) is 4.74 Å². The van der Waals surface area contributed by atoms with Crippen LogP contribution in [0.15, 0.2) is 48.5 Å². The fourth-order valence-corrected chi connectivity index (χ4v) is 2.73. The summed E-state index contributed by atoms with van der Waals surface area (Å²) in [5.74, 6) is 1.05. The van der Waals surface area contributed by atoms with E-state index in [2.05, 4.69) is 32.9 Å². The number of aliphatic hydroxyl groups is 1. The number of benzene rings is 2. The molecule has 0 heterocycles. The molecular weight excluding hydrogens is 300 g/mol. The van der Waals surface area contributed by atoms with Gasteiger partial charge in [0, 0.05) is 5.41 Å². The van der Waals surface area contributed by atoms with Crippen molar-refractivity contribution in [3.63, 3.8) is 0 Å². The number of aliphatic hydroxyl groups excluding tert-OH is 1. The number of ether oxygens (including phenoxy) is 1. The van der Waals surface area contributed by atoms with Crippen molar-refractivity contribution in [1.82, 2.24) is 0 Å². The van der Waals surface area contributed by atoms with E-state index >= 15 is 0 Å². The second-order valence-electron chi connectivity index (χ2n) is 6.80. The summed E-state index contributed by atoms with van der Waals surface area (Å²) in [6, 6.07) is 15.3. The predicted octanol–water partition coefficient (Wildman–Crippen LogP) is 4.65. The molecule has 0 radical (unpaired) electrons. The van der Waals surface area contributed by atoms with Crippen LogP contribution in [0.2, 0.25) is 0 Å². The highest BCUT2D eigenvalue weighted by molar-refractivity contribution is 5.41. The number of phenolic OH excluding ortho intramolecular Hbond substituents is 1. The molecule has 0 fully saturated rings. The number of hydrogen-bond acceptors (Lipinski definition) is 3. The van der Waals surface area contributed by atoms with Gasteiger partial charge in [-0.25, -0.2) is 0 Å². The third-order valence-electron chi connectivity index (χ3n) is 4.50.